The Labute approximate surface area is 191 Å². The van der Waals surface area contributed by atoms with Crippen molar-refractivity contribution < 1.29 is 0 Å². The van der Waals surface area contributed by atoms with Crippen molar-refractivity contribution in [2.24, 2.45) is 7.05 Å². The van der Waals surface area contributed by atoms with Crippen LogP contribution in [0.25, 0.3) is 50.4 Å². The molecule has 5 nitrogen and oxygen atoms in total. The lowest BCUT2D eigenvalue weighted by atomic mass is 9.95. The highest BCUT2D eigenvalue weighted by atomic mass is 15.3. The van der Waals surface area contributed by atoms with Crippen molar-refractivity contribution in [3.8, 4) is 39.3 Å². The van der Waals surface area contributed by atoms with Gasteiger partial charge in [-0.3, -0.25) is 4.57 Å². The second-order valence-electron chi connectivity index (χ2n) is 8.02. The molecule has 0 unspecified atom stereocenters. The van der Waals surface area contributed by atoms with Gasteiger partial charge in [-0.1, -0.05) is 78.9 Å². The predicted octanol–water partition coefficient (Wildman–Crippen LogP) is 6.16. The molecule has 6 aromatic rings. The number of rotatable bonds is 4. The topological polar surface area (TPSA) is 48.5 Å². The maximum absolute atomic E-state index is 4.54. The Hall–Kier alpha value is -4.51. The first-order valence-electron chi connectivity index (χ1n) is 10.9. The van der Waals surface area contributed by atoms with Crippen LogP contribution in [0.5, 0.6) is 0 Å². The van der Waals surface area contributed by atoms with Crippen molar-refractivity contribution in [3.05, 3.63) is 110 Å². The highest BCUT2D eigenvalue weighted by Gasteiger charge is 2.18. The number of hydrogen-bond acceptors (Lipinski definition) is 3. The summed E-state index contributed by atoms with van der Waals surface area (Å²) in [6.45, 7) is 0. The summed E-state index contributed by atoms with van der Waals surface area (Å²) < 4.78 is 4.12. The SMILES string of the molecule is Cn1cnc2ccc(-c3nncn3-c3c(-c4ccccc4)cccc3-c3ccccc3)cc21. The lowest BCUT2D eigenvalue weighted by Gasteiger charge is -2.18. The van der Waals surface area contributed by atoms with Crippen LogP contribution in [0.15, 0.2) is 110 Å². The molecule has 0 bridgehead atoms. The molecule has 33 heavy (non-hydrogen) atoms. The Morgan fingerprint density at radius 3 is 1.97 bits per heavy atom. The first-order valence-corrected chi connectivity index (χ1v) is 10.9. The molecule has 0 N–H and O–H groups in total. The standard InChI is InChI=1S/C28H21N5/c1-32-18-29-25-16-15-22(17-26(25)32)28-31-30-19-33(28)27-23(20-9-4-2-5-10-20)13-8-14-24(27)21-11-6-3-7-12-21/h2-19H,1H3. The number of benzene rings is 4. The summed E-state index contributed by atoms with van der Waals surface area (Å²) in [7, 11) is 2.00. The predicted molar refractivity (Wildman–Crippen MR) is 132 cm³/mol. The van der Waals surface area contributed by atoms with Gasteiger partial charge in [0.1, 0.15) is 6.33 Å². The smallest absolute Gasteiger partial charge is 0.168 e. The number of aromatic nitrogens is 5. The van der Waals surface area contributed by atoms with E-state index in [1.807, 2.05) is 36.1 Å². The molecule has 4 aromatic carbocycles. The summed E-state index contributed by atoms with van der Waals surface area (Å²) in [6.07, 6.45) is 3.63. The van der Waals surface area contributed by atoms with Gasteiger partial charge in [0.2, 0.25) is 0 Å². The summed E-state index contributed by atoms with van der Waals surface area (Å²) >= 11 is 0. The Morgan fingerprint density at radius 1 is 0.636 bits per heavy atom. The van der Waals surface area contributed by atoms with Crippen LogP contribution in [0.4, 0.5) is 0 Å². The van der Waals surface area contributed by atoms with E-state index in [-0.39, 0.29) is 0 Å². The normalized spacial score (nSPS) is 11.2. The summed E-state index contributed by atoms with van der Waals surface area (Å²) in [4.78, 5) is 4.45. The average molecular weight is 428 g/mol. The van der Waals surface area contributed by atoms with Gasteiger partial charge < -0.3 is 4.57 Å². The van der Waals surface area contributed by atoms with E-state index in [2.05, 4.69) is 98.6 Å². The number of aryl methyl sites for hydroxylation is 1. The molecule has 2 aromatic heterocycles. The molecule has 0 aliphatic carbocycles. The van der Waals surface area contributed by atoms with Crippen LogP contribution in [0.3, 0.4) is 0 Å². The van der Waals surface area contributed by atoms with Gasteiger partial charge in [0.25, 0.3) is 0 Å². The van der Waals surface area contributed by atoms with Crippen LogP contribution in [0, 0.1) is 0 Å². The highest BCUT2D eigenvalue weighted by Crippen LogP contribution is 2.37. The fourth-order valence-corrected chi connectivity index (χ4v) is 4.37. The number of fused-ring (bicyclic) bond motifs is 1. The minimum absolute atomic E-state index is 0.790. The van der Waals surface area contributed by atoms with Crippen LogP contribution >= 0.6 is 0 Å². The summed E-state index contributed by atoms with van der Waals surface area (Å²) in [6, 6.07) is 33.5. The Kier molecular flexibility index (Phi) is 4.58. The average Bonchev–Trinajstić information content (AvgIpc) is 3.51. The number of para-hydroxylation sites is 1. The van der Waals surface area contributed by atoms with E-state index < -0.39 is 0 Å². The van der Waals surface area contributed by atoms with Gasteiger partial charge in [0.05, 0.1) is 23.0 Å². The molecule has 0 fully saturated rings. The second-order valence-corrected chi connectivity index (χ2v) is 8.02. The maximum atomic E-state index is 4.54. The molecule has 0 aliphatic heterocycles. The number of hydrogen-bond donors (Lipinski definition) is 0. The summed E-state index contributed by atoms with van der Waals surface area (Å²) in [5.41, 5.74) is 8.60. The molecule has 5 heteroatoms. The van der Waals surface area contributed by atoms with Crippen LogP contribution in [-0.4, -0.2) is 24.3 Å². The fourth-order valence-electron chi connectivity index (χ4n) is 4.37. The molecule has 0 amide bonds. The van der Waals surface area contributed by atoms with Crippen molar-refractivity contribution in [1.29, 1.82) is 0 Å². The molecule has 0 saturated carbocycles. The van der Waals surface area contributed by atoms with Gasteiger partial charge in [0.15, 0.2) is 5.82 Å². The first-order chi connectivity index (χ1) is 16.3. The van der Waals surface area contributed by atoms with E-state index in [0.29, 0.717) is 0 Å². The van der Waals surface area contributed by atoms with E-state index in [1.165, 1.54) is 0 Å². The number of imidazole rings is 1. The number of nitrogens with zero attached hydrogens (tertiary/aromatic N) is 5. The van der Waals surface area contributed by atoms with Gasteiger partial charge in [-0.15, -0.1) is 10.2 Å². The molecule has 6 rings (SSSR count). The minimum atomic E-state index is 0.790. The highest BCUT2D eigenvalue weighted by molar-refractivity contribution is 5.87. The van der Waals surface area contributed by atoms with Gasteiger partial charge in [-0.05, 0) is 29.3 Å². The van der Waals surface area contributed by atoms with Crippen molar-refractivity contribution >= 4 is 11.0 Å². The first kappa shape index (κ1) is 19.2. The van der Waals surface area contributed by atoms with Crippen molar-refractivity contribution in [2.75, 3.05) is 0 Å². The molecular formula is C28H21N5. The largest absolute Gasteiger partial charge is 0.334 e. The van der Waals surface area contributed by atoms with Gasteiger partial charge in [-0.25, -0.2) is 4.98 Å². The van der Waals surface area contributed by atoms with E-state index in [0.717, 1.165) is 50.4 Å². The molecule has 0 radical (unpaired) electrons. The van der Waals surface area contributed by atoms with Crippen LogP contribution in [-0.2, 0) is 7.05 Å². The summed E-state index contributed by atoms with van der Waals surface area (Å²) in [5, 5.41) is 8.86. The van der Waals surface area contributed by atoms with Gasteiger partial charge in [0, 0.05) is 23.7 Å². The van der Waals surface area contributed by atoms with Crippen molar-refractivity contribution in [2.45, 2.75) is 0 Å². The third-order valence-corrected chi connectivity index (χ3v) is 5.98. The van der Waals surface area contributed by atoms with E-state index in [4.69, 9.17) is 0 Å². The molecule has 0 spiro atoms. The Balaban J connectivity index is 1.63. The van der Waals surface area contributed by atoms with Crippen molar-refractivity contribution in [1.82, 2.24) is 24.3 Å². The third kappa shape index (κ3) is 3.31. The van der Waals surface area contributed by atoms with Gasteiger partial charge in [-0.2, -0.15) is 0 Å². The zero-order valence-corrected chi connectivity index (χ0v) is 18.1. The van der Waals surface area contributed by atoms with Gasteiger partial charge >= 0.3 is 0 Å². The van der Waals surface area contributed by atoms with E-state index in [1.54, 1.807) is 6.33 Å². The third-order valence-electron chi connectivity index (χ3n) is 5.98. The quantitative estimate of drug-likeness (QED) is 0.339. The van der Waals surface area contributed by atoms with Crippen LogP contribution < -0.4 is 0 Å². The molecule has 0 atom stereocenters. The van der Waals surface area contributed by atoms with Crippen molar-refractivity contribution in [3.63, 3.8) is 0 Å². The van der Waals surface area contributed by atoms with Crippen LogP contribution in [0.2, 0.25) is 0 Å². The minimum Gasteiger partial charge on any atom is -0.334 e. The fraction of sp³-hybridized carbons (Fsp3) is 0.0357. The Bertz CT molecular complexity index is 1500. The monoisotopic (exact) mass is 427 g/mol. The molecule has 0 aliphatic rings. The molecule has 2 heterocycles. The van der Waals surface area contributed by atoms with E-state index >= 15 is 0 Å². The zero-order valence-electron chi connectivity index (χ0n) is 18.1. The van der Waals surface area contributed by atoms with Crippen LogP contribution in [0.1, 0.15) is 0 Å². The zero-order chi connectivity index (χ0) is 22.2. The Morgan fingerprint density at radius 2 is 1.30 bits per heavy atom. The maximum Gasteiger partial charge on any atom is 0.168 e. The van der Waals surface area contributed by atoms with E-state index in [9.17, 15) is 0 Å². The molecular weight excluding hydrogens is 406 g/mol. The molecule has 0 saturated heterocycles. The lowest BCUT2D eigenvalue weighted by molar-refractivity contribution is 0.947. The lowest BCUT2D eigenvalue weighted by Crippen LogP contribution is -2.02. The molecule has 158 valence electrons. The summed E-state index contributed by atoms with van der Waals surface area (Å²) in [5.74, 6) is 0.790. The second kappa shape index (κ2) is 7.88.